The molecule has 21 heavy (non-hydrogen) atoms. The molecule has 1 amide bonds. The average molecular weight is 295 g/mol. The van der Waals surface area contributed by atoms with Crippen molar-refractivity contribution in [2.45, 2.75) is 76.8 Å². The molecular weight excluding hydrogens is 262 g/mol. The third-order valence-electron chi connectivity index (χ3n) is 5.42. The molecule has 1 heterocycles. The average Bonchev–Trinajstić information content (AvgIpc) is 2.53. The minimum absolute atomic E-state index is 0.0203. The Labute approximate surface area is 129 Å². The number of nitrogens with two attached hydrogens (primary N) is 1. The molecule has 1 unspecified atom stereocenters. The Morgan fingerprint density at radius 3 is 2.24 bits per heavy atom. The summed E-state index contributed by atoms with van der Waals surface area (Å²) in [7, 11) is 0. The van der Waals surface area contributed by atoms with Gasteiger partial charge in [0.25, 0.3) is 0 Å². The number of nitrogens with zero attached hydrogens (tertiary/aromatic N) is 1. The van der Waals surface area contributed by atoms with E-state index in [9.17, 15) is 4.79 Å². The van der Waals surface area contributed by atoms with E-state index >= 15 is 0 Å². The van der Waals surface area contributed by atoms with Crippen LogP contribution in [0.4, 0.5) is 0 Å². The van der Waals surface area contributed by atoms with E-state index in [1.807, 2.05) is 13.8 Å². The summed E-state index contributed by atoms with van der Waals surface area (Å²) in [5.74, 6) is 0.217. The molecule has 0 radical (unpaired) electrons. The van der Waals surface area contributed by atoms with Crippen molar-refractivity contribution < 1.29 is 4.79 Å². The normalized spacial score (nSPS) is 24.8. The van der Waals surface area contributed by atoms with Gasteiger partial charge in [-0.2, -0.15) is 0 Å². The molecule has 0 spiro atoms. The van der Waals surface area contributed by atoms with Crippen LogP contribution < -0.4 is 11.1 Å². The maximum absolute atomic E-state index is 12.2. The third kappa shape index (κ3) is 4.19. The van der Waals surface area contributed by atoms with Crippen LogP contribution >= 0.6 is 0 Å². The van der Waals surface area contributed by atoms with Gasteiger partial charge in [0.1, 0.15) is 0 Å². The fraction of sp³-hybridized carbons (Fsp3) is 0.941. The van der Waals surface area contributed by atoms with Gasteiger partial charge < -0.3 is 11.1 Å². The third-order valence-corrected chi connectivity index (χ3v) is 5.42. The summed E-state index contributed by atoms with van der Waals surface area (Å²) in [6.07, 6.45) is 10.4. The molecule has 4 heteroatoms. The predicted octanol–water partition coefficient (Wildman–Crippen LogP) is 2.27. The van der Waals surface area contributed by atoms with E-state index in [1.54, 1.807) is 0 Å². The molecule has 3 N–H and O–H groups in total. The van der Waals surface area contributed by atoms with Crippen molar-refractivity contribution in [2.24, 2.45) is 11.7 Å². The topological polar surface area (TPSA) is 58.4 Å². The highest BCUT2D eigenvalue weighted by Crippen LogP contribution is 2.35. The van der Waals surface area contributed by atoms with Crippen molar-refractivity contribution >= 4 is 5.91 Å². The van der Waals surface area contributed by atoms with Crippen molar-refractivity contribution in [1.29, 1.82) is 0 Å². The second kappa shape index (κ2) is 7.59. The van der Waals surface area contributed by atoms with Crippen molar-refractivity contribution in [2.75, 3.05) is 19.6 Å². The van der Waals surface area contributed by atoms with E-state index < -0.39 is 0 Å². The number of carbonyl (C=O) groups is 1. The van der Waals surface area contributed by atoms with E-state index in [2.05, 4.69) is 10.2 Å². The van der Waals surface area contributed by atoms with E-state index in [1.165, 1.54) is 64.5 Å². The molecule has 2 aliphatic rings. The number of amides is 1. The van der Waals surface area contributed by atoms with Crippen LogP contribution in [0, 0.1) is 5.92 Å². The maximum Gasteiger partial charge on any atom is 0.237 e. The lowest BCUT2D eigenvalue weighted by Crippen LogP contribution is -2.59. The first kappa shape index (κ1) is 16.8. The first-order valence-corrected chi connectivity index (χ1v) is 8.83. The van der Waals surface area contributed by atoms with Crippen LogP contribution in [-0.2, 0) is 4.79 Å². The molecule has 1 saturated heterocycles. The Balaban J connectivity index is 1.97. The standard InChI is InChI=1S/C17H33N3O/c1-14(2)15(18)16(21)19-13-17(9-5-3-6-10-17)20-11-7-4-8-12-20/h14-15H,3-13,18H2,1-2H3,(H,19,21). The second-order valence-electron chi connectivity index (χ2n) is 7.32. The number of nitrogens with one attached hydrogen (secondary N) is 1. The molecule has 2 rings (SSSR count). The van der Waals surface area contributed by atoms with Crippen LogP contribution in [0.2, 0.25) is 0 Å². The summed E-state index contributed by atoms with van der Waals surface area (Å²) >= 11 is 0. The van der Waals surface area contributed by atoms with Gasteiger partial charge in [-0.25, -0.2) is 0 Å². The highest BCUT2D eigenvalue weighted by molar-refractivity contribution is 5.81. The first-order chi connectivity index (χ1) is 10.1. The van der Waals surface area contributed by atoms with Gasteiger partial charge in [-0.3, -0.25) is 9.69 Å². The van der Waals surface area contributed by atoms with E-state index in [-0.39, 0.29) is 23.4 Å². The Bertz CT molecular complexity index is 331. The first-order valence-electron chi connectivity index (χ1n) is 8.83. The van der Waals surface area contributed by atoms with Crippen molar-refractivity contribution in [3.63, 3.8) is 0 Å². The van der Waals surface area contributed by atoms with Crippen LogP contribution in [0.3, 0.4) is 0 Å². The number of piperidine rings is 1. The number of rotatable bonds is 5. The van der Waals surface area contributed by atoms with Gasteiger partial charge in [0.05, 0.1) is 6.04 Å². The molecule has 4 nitrogen and oxygen atoms in total. The fourth-order valence-electron chi connectivity index (χ4n) is 3.86. The summed E-state index contributed by atoms with van der Waals surface area (Å²) in [4.78, 5) is 14.9. The molecular formula is C17H33N3O. The monoisotopic (exact) mass is 295 g/mol. The zero-order valence-corrected chi connectivity index (χ0v) is 13.9. The van der Waals surface area contributed by atoms with E-state index in [4.69, 9.17) is 5.73 Å². The number of hydrogen-bond donors (Lipinski definition) is 2. The van der Waals surface area contributed by atoms with Gasteiger partial charge in [-0.15, -0.1) is 0 Å². The van der Waals surface area contributed by atoms with Crippen LogP contribution in [0.5, 0.6) is 0 Å². The van der Waals surface area contributed by atoms with Crippen LogP contribution in [0.1, 0.15) is 65.2 Å². The highest BCUT2D eigenvalue weighted by atomic mass is 16.2. The molecule has 0 aromatic rings. The molecule has 1 saturated carbocycles. The second-order valence-corrected chi connectivity index (χ2v) is 7.32. The van der Waals surface area contributed by atoms with Gasteiger partial charge in [0, 0.05) is 12.1 Å². The Kier molecular flexibility index (Phi) is 6.06. The predicted molar refractivity (Wildman–Crippen MR) is 87.1 cm³/mol. The molecule has 122 valence electrons. The highest BCUT2D eigenvalue weighted by Gasteiger charge is 2.38. The summed E-state index contributed by atoms with van der Waals surface area (Å²) < 4.78 is 0. The van der Waals surface area contributed by atoms with Crippen molar-refractivity contribution in [3.8, 4) is 0 Å². The van der Waals surface area contributed by atoms with Crippen molar-refractivity contribution in [1.82, 2.24) is 10.2 Å². The lowest BCUT2D eigenvalue weighted by atomic mass is 9.79. The van der Waals surface area contributed by atoms with Gasteiger partial charge in [-0.05, 0) is 44.7 Å². The largest absolute Gasteiger partial charge is 0.353 e. The van der Waals surface area contributed by atoms with Crippen molar-refractivity contribution in [3.05, 3.63) is 0 Å². The lowest BCUT2D eigenvalue weighted by molar-refractivity contribution is -0.124. The van der Waals surface area contributed by atoms with Crippen LogP contribution in [0.15, 0.2) is 0 Å². The lowest BCUT2D eigenvalue weighted by Gasteiger charge is -2.48. The van der Waals surface area contributed by atoms with E-state index in [0.717, 1.165) is 6.54 Å². The molecule has 2 fully saturated rings. The smallest absolute Gasteiger partial charge is 0.237 e. The Morgan fingerprint density at radius 1 is 1.10 bits per heavy atom. The minimum atomic E-state index is -0.382. The van der Waals surface area contributed by atoms with Gasteiger partial charge >= 0.3 is 0 Å². The molecule has 0 aromatic heterocycles. The summed E-state index contributed by atoms with van der Waals surface area (Å²) in [6, 6.07) is -0.382. The summed E-state index contributed by atoms with van der Waals surface area (Å²) in [5.41, 5.74) is 6.17. The molecule has 0 aromatic carbocycles. The Morgan fingerprint density at radius 2 is 1.67 bits per heavy atom. The number of carbonyl (C=O) groups excluding carboxylic acids is 1. The zero-order chi connectivity index (χ0) is 15.3. The van der Waals surface area contributed by atoms with E-state index in [0.29, 0.717) is 0 Å². The maximum atomic E-state index is 12.2. The number of hydrogen-bond acceptors (Lipinski definition) is 3. The molecule has 1 aliphatic carbocycles. The SMILES string of the molecule is CC(C)C(N)C(=O)NCC1(N2CCCCC2)CCCCC1. The molecule has 1 atom stereocenters. The molecule has 0 bridgehead atoms. The van der Waals surface area contributed by atoms with Gasteiger partial charge in [0.2, 0.25) is 5.91 Å². The van der Waals surface area contributed by atoms with Gasteiger partial charge in [0.15, 0.2) is 0 Å². The quantitative estimate of drug-likeness (QED) is 0.818. The van der Waals surface area contributed by atoms with Gasteiger partial charge in [-0.1, -0.05) is 39.5 Å². The fourth-order valence-corrected chi connectivity index (χ4v) is 3.86. The Hall–Kier alpha value is -0.610. The number of likely N-dealkylation sites (tertiary alicyclic amines) is 1. The minimum Gasteiger partial charge on any atom is -0.353 e. The summed E-state index contributed by atoms with van der Waals surface area (Å²) in [6.45, 7) is 7.20. The van der Waals surface area contributed by atoms with Crippen LogP contribution in [0.25, 0.3) is 0 Å². The van der Waals surface area contributed by atoms with Crippen LogP contribution in [-0.4, -0.2) is 42.0 Å². The molecule has 1 aliphatic heterocycles. The summed E-state index contributed by atoms with van der Waals surface area (Å²) in [5, 5.41) is 3.17. The zero-order valence-electron chi connectivity index (χ0n) is 13.9.